The van der Waals surface area contributed by atoms with Gasteiger partial charge in [0.2, 0.25) is 0 Å². The first-order valence-electron chi connectivity index (χ1n) is 11.9. The Morgan fingerprint density at radius 1 is 0.895 bits per heavy atom. The fourth-order valence-electron chi connectivity index (χ4n) is 4.01. The van der Waals surface area contributed by atoms with Crippen molar-refractivity contribution in [3.05, 3.63) is 71.3 Å². The number of unbranched alkanes of at least 4 members (excludes halogenated alkanes) is 2. The van der Waals surface area contributed by atoms with Crippen molar-refractivity contribution in [1.29, 1.82) is 0 Å². The molecule has 0 unspecified atom stereocenters. The van der Waals surface area contributed by atoms with Crippen LogP contribution in [0.3, 0.4) is 0 Å². The van der Waals surface area contributed by atoms with Crippen LogP contribution in [0.25, 0.3) is 10.8 Å². The Kier molecular flexibility index (Phi) is 9.26. The van der Waals surface area contributed by atoms with Crippen LogP contribution in [0.5, 0.6) is 0 Å². The summed E-state index contributed by atoms with van der Waals surface area (Å²) < 4.78 is 47.7. The SMILES string of the molecule is CCCCCN1C(=O)c2cccc3c(NC(=O)Nc4ccc(C(F)(F)F)cc4)ccc(c23)C1=O.CS(C)=O. The number of carbonyl (C=O) groups is 3. The summed E-state index contributed by atoms with van der Waals surface area (Å²) in [6, 6.07) is 11.6. The molecule has 1 aliphatic rings. The van der Waals surface area contributed by atoms with E-state index in [9.17, 15) is 31.8 Å². The number of alkyl halides is 3. The molecule has 7 nitrogen and oxygen atoms in total. The van der Waals surface area contributed by atoms with Gasteiger partial charge in [-0.3, -0.25) is 18.7 Å². The summed E-state index contributed by atoms with van der Waals surface area (Å²) in [4.78, 5) is 39.8. The molecule has 202 valence electrons. The Morgan fingerprint density at radius 2 is 1.50 bits per heavy atom. The molecule has 0 atom stereocenters. The van der Waals surface area contributed by atoms with Gasteiger partial charge >= 0.3 is 12.2 Å². The lowest BCUT2D eigenvalue weighted by Crippen LogP contribution is -2.40. The third-order valence-electron chi connectivity index (χ3n) is 5.70. The van der Waals surface area contributed by atoms with Crippen molar-refractivity contribution in [3.63, 3.8) is 0 Å². The molecule has 0 bridgehead atoms. The molecule has 0 aromatic heterocycles. The zero-order valence-corrected chi connectivity index (χ0v) is 22.0. The van der Waals surface area contributed by atoms with Gasteiger partial charge in [-0.1, -0.05) is 31.9 Å². The van der Waals surface area contributed by atoms with E-state index >= 15 is 0 Å². The Bertz CT molecular complexity index is 1350. The predicted octanol–water partition coefficient (Wildman–Crippen LogP) is 6.28. The number of imide groups is 1. The minimum absolute atomic E-state index is 0.182. The second-order valence-corrected chi connectivity index (χ2v) is 10.2. The fourth-order valence-corrected chi connectivity index (χ4v) is 4.01. The summed E-state index contributed by atoms with van der Waals surface area (Å²) in [5.74, 6) is -0.740. The van der Waals surface area contributed by atoms with Crippen molar-refractivity contribution < 1.29 is 31.8 Å². The molecule has 0 aliphatic carbocycles. The van der Waals surface area contributed by atoms with Crippen LogP contribution in [0.1, 0.15) is 52.5 Å². The standard InChI is InChI=1S/C25H22F3N3O3.C2H6OS/c1-2-3-4-14-31-22(32)18-7-5-6-17-20(13-12-19(21(17)18)23(31)33)30-24(34)29-16-10-8-15(9-11-16)25(26,27)28;1-4(2)3/h5-13H,2-4,14H2,1H3,(H2,29,30,34);1-2H3. The molecular weight excluding hydrogens is 519 g/mol. The summed E-state index contributed by atoms with van der Waals surface area (Å²) in [6.07, 6.45) is 1.41. The zero-order chi connectivity index (χ0) is 28.0. The van der Waals surface area contributed by atoms with Gasteiger partial charge in [-0.2, -0.15) is 13.2 Å². The quantitative estimate of drug-likeness (QED) is 0.280. The lowest BCUT2D eigenvalue weighted by atomic mass is 9.93. The highest BCUT2D eigenvalue weighted by atomic mass is 32.2. The van der Waals surface area contributed by atoms with Gasteiger partial charge in [0, 0.05) is 57.4 Å². The minimum atomic E-state index is -4.47. The summed E-state index contributed by atoms with van der Waals surface area (Å²) in [5.41, 5.74) is 0.497. The van der Waals surface area contributed by atoms with E-state index in [1.165, 1.54) is 4.90 Å². The van der Waals surface area contributed by atoms with Gasteiger partial charge in [0.15, 0.2) is 0 Å². The molecule has 11 heteroatoms. The number of rotatable bonds is 6. The summed E-state index contributed by atoms with van der Waals surface area (Å²) >= 11 is 0. The molecule has 0 saturated heterocycles. The second kappa shape index (κ2) is 12.2. The van der Waals surface area contributed by atoms with Gasteiger partial charge < -0.3 is 10.6 Å². The zero-order valence-electron chi connectivity index (χ0n) is 21.1. The van der Waals surface area contributed by atoms with Gasteiger partial charge in [0.25, 0.3) is 11.8 Å². The van der Waals surface area contributed by atoms with Crippen LogP contribution in [-0.4, -0.2) is 46.0 Å². The number of benzene rings is 3. The van der Waals surface area contributed by atoms with Crippen LogP contribution in [0, 0.1) is 0 Å². The van der Waals surface area contributed by atoms with Crippen LogP contribution in [0.4, 0.5) is 29.3 Å². The molecule has 0 spiro atoms. The Hall–Kier alpha value is -3.73. The molecule has 0 radical (unpaired) electrons. The second-order valence-electron chi connectivity index (χ2n) is 8.75. The number of halogens is 3. The van der Waals surface area contributed by atoms with E-state index < -0.39 is 28.6 Å². The molecule has 0 fully saturated rings. The summed E-state index contributed by atoms with van der Waals surface area (Å²) in [5, 5.41) is 6.13. The van der Waals surface area contributed by atoms with Crippen molar-refractivity contribution in [3.8, 4) is 0 Å². The average Bonchev–Trinajstić information content (AvgIpc) is 2.84. The average molecular weight is 548 g/mol. The molecule has 1 heterocycles. The number of nitrogens with one attached hydrogen (secondary N) is 2. The minimum Gasteiger partial charge on any atom is -0.308 e. The van der Waals surface area contributed by atoms with Crippen molar-refractivity contribution >= 4 is 50.8 Å². The van der Waals surface area contributed by atoms with Crippen LogP contribution in [-0.2, 0) is 17.0 Å². The highest BCUT2D eigenvalue weighted by Gasteiger charge is 2.33. The van der Waals surface area contributed by atoms with E-state index in [0.29, 0.717) is 34.1 Å². The van der Waals surface area contributed by atoms with E-state index in [2.05, 4.69) is 10.6 Å². The molecule has 3 aromatic carbocycles. The maximum atomic E-state index is 13.0. The molecule has 3 aromatic rings. The highest BCUT2D eigenvalue weighted by Crippen LogP contribution is 2.35. The monoisotopic (exact) mass is 547 g/mol. The number of carbonyl (C=O) groups excluding carboxylic acids is 3. The number of amides is 4. The number of hydrogen-bond donors (Lipinski definition) is 2. The van der Waals surface area contributed by atoms with E-state index in [4.69, 9.17) is 0 Å². The third kappa shape index (κ3) is 6.77. The van der Waals surface area contributed by atoms with E-state index in [1.54, 1.807) is 42.8 Å². The van der Waals surface area contributed by atoms with E-state index in [1.807, 2.05) is 6.92 Å². The number of nitrogens with zero attached hydrogens (tertiary/aromatic N) is 1. The van der Waals surface area contributed by atoms with Crippen LogP contribution in [0.2, 0.25) is 0 Å². The summed E-state index contributed by atoms with van der Waals surface area (Å²) in [7, 11) is -0.611. The molecule has 1 aliphatic heterocycles. The molecule has 2 N–H and O–H groups in total. The molecule has 4 amide bonds. The lowest BCUT2D eigenvalue weighted by Gasteiger charge is -2.27. The van der Waals surface area contributed by atoms with Crippen LogP contribution < -0.4 is 10.6 Å². The van der Waals surface area contributed by atoms with Crippen molar-refractivity contribution in [1.82, 2.24) is 4.90 Å². The summed E-state index contributed by atoms with van der Waals surface area (Å²) in [6.45, 7) is 2.38. The van der Waals surface area contributed by atoms with Crippen molar-refractivity contribution in [2.45, 2.75) is 32.4 Å². The van der Waals surface area contributed by atoms with Gasteiger partial charge in [0.05, 0.1) is 11.3 Å². The third-order valence-corrected chi connectivity index (χ3v) is 5.70. The molecular formula is C27H28F3N3O4S. The smallest absolute Gasteiger partial charge is 0.308 e. The first-order valence-corrected chi connectivity index (χ1v) is 13.8. The Labute approximate surface area is 220 Å². The van der Waals surface area contributed by atoms with E-state index in [0.717, 1.165) is 43.5 Å². The Balaban J connectivity index is 0.000000934. The van der Waals surface area contributed by atoms with Gasteiger partial charge in [-0.05, 0) is 48.9 Å². The molecule has 4 rings (SSSR count). The lowest BCUT2D eigenvalue weighted by molar-refractivity contribution is -0.137. The number of hydrogen-bond acceptors (Lipinski definition) is 4. The van der Waals surface area contributed by atoms with Crippen molar-refractivity contribution in [2.75, 3.05) is 29.7 Å². The fraction of sp³-hybridized carbons (Fsp3) is 0.296. The number of urea groups is 1. The Morgan fingerprint density at radius 3 is 2.08 bits per heavy atom. The maximum absolute atomic E-state index is 13.0. The first-order chi connectivity index (χ1) is 17.9. The first kappa shape index (κ1) is 28.8. The van der Waals surface area contributed by atoms with E-state index in [-0.39, 0.29) is 17.5 Å². The van der Waals surface area contributed by atoms with Gasteiger partial charge in [-0.15, -0.1) is 0 Å². The molecule has 38 heavy (non-hydrogen) atoms. The molecule has 0 saturated carbocycles. The highest BCUT2D eigenvalue weighted by molar-refractivity contribution is 7.83. The normalized spacial score (nSPS) is 12.9. The van der Waals surface area contributed by atoms with Gasteiger partial charge in [-0.25, -0.2) is 4.79 Å². The van der Waals surface area contributed by atoms with Crippen LogP contribution in [0.15, 0.2) is 54.6 Å². The van der Waals surface area contributed by atoms with Gasteiger partial charge in [0.1, 0.15) is 0 Å². The van der Waals surface area contributed by atoms with Crippen LogP contribution >= 0.6 is 0 Å². The maximum Gasteiger partial charge on any atom is 0.416 e. The predicted molar refractivity (Wildman–Crippen MR) is 143 cm³/mol. The largest absolute Gasteiger partial charge is 0.416 e. The van der Waals surface area contributed by atoms with Crippen molar-refractivity contribution in [2.24, 2.45) is 0 Å². The number of anilines is 2. The topological polar surface area (TPSA) is 95.6 Å².